The Bertz CT molecular complexity index is 888. The van der Waals surface area contributed by atoms with Gasteiger partial charge in [0.2, 0.25) is 5.91 Å². The van der Waals surface area contributed by atoms with Gasteiger partial charge < -0.3 is 25.4 Å². The second kappa shape index (κ2) is 11.6. The number of fused-ring (bicyclic) bond motifs is 1. The molecular formula is C22H29IN4O3. The second-order valence-electron chi connectivity index (χ2n) is 6.90. The van der Waals surface area contributed by atoms with Crippen molar-refractivity contribution < 1.29 is 14.3 Å². The summed E-state index contributed by atoms with van der Waals surface area (Å²) in [6, 6.07) is 13.7. The van der Waals surface area contributed by atoms with Gasteiger partial charge in [-0.3, -0.25) is 9.79 Å². The fourth-order valence-corrected chi connectivity index (χ4v) is 3.39. The molecule has 7 nitrogen and oxygen atoms in total. The average molecular weight is 524 g/mol. The molecule has 0 spiro atoms. The molecule has 0 saturated heterocycles. The Hall–Kier alpha value is -2.49. The van der Waals surface area contributed by atoms with Gasteiger partial charge >= 0.3 is 0 Å². The van der Waals surface area contributed by atoms with Crippen LogP contribution in [0.5, 0.6) is 11.5 Å². The molecule has 2 aromatic rings. The number of hydrogen-bond donors (Lipinski definition) is 2. The maximum absolute atomic E-state index is 12.5. The lowest BCUT2D eigenvalue weighted by Gasteiger charge is -2.28. The number of benzene rings is 2. The number of nitrogens with zero attached hydrogens (tertiary/aromatic N) is 2. The molecule has 0 aromatic heterocycles. The molecule has 162 valence electrons. The van der Waals surface area contributed by atoms with Crippen molar-refractivity contribution in [2.75, 3.05) is 32.6 Å². The highest BCUT2D eigenvalue weighted by atomic mass is 127. The van der Waals surface area contributed by atoms with Gasteiger partial charge in [-0.05, 0) is 36.1 Å². The molecule has 0 fully saturated rings. The van der Waals surface area contributed by atoms with Crippen LogP contribution in [0, 0.1) is 0 Å². The van der Waals surface area contributed by atoms with E-state index in [-0.39, 0.29) is 35.8 Å². The number of methoxy groups -OCH3 is 2. The minimum atomic E-state index is 0. The molecule has 8 heteroatoms. The summed E-state index contributed by atoms with van der Waals surface area (Å²) in [4.78, 5) is 18.7. The number of hydrogen-bond acceptors (Lipinski definition) is 4. The first-order valence-electron chi connectivity index (χ1n) is 9.74. The van der Waals surface area contributed by atoms with Crippen molar-refractivity contribution in [3.05, 3.63) is 53.6 Å². The van der Waals surface area contributed by atoms with E-state index in [0.29, 0.717) is 43.1 Å². The molecule has 2 aromatic carbocycles. The first kappa shape index (κ1) is 23.8. The van der Waals surface area contributed by atoms with E-state index in [1.807, 2.05) is 23.1 Å². The van der Waals surface area contributed by atoms with E-state index < -0.39 is 0 Å². The predicted octanol–water partition coefficient (Wildman–Crippen LogP) is 3.41. The first-order chi connectivity index (χ1) is 14.1. The summed E-state index contributed by atoms with van der Waals surface area (Å²) in [5.74, 6) is 1.77. The van der Waals surface area contributed by atoms with E-state index in [9.17, 15) is 4.79 Å². The van der Waals surface area contributed by atoms with Crippen LogP contribution >= 0.6 is 24.0 Å². The zero-order chi connectivity index (χ0) is 20.6. The molecule has 30 heavy (non-hydrogen) atoms. The van der Waals surface area contributed by atoms with Gasteiger partial charge in [-0.25, -0.2) is 0 Å². The first-order valence-corrected chi connectivity index (χ1v) is 9.74. The zero-order valence-corrected chi connectivity index (χ0v) is 19.7. The van der Waals surface area contributed by atoms with Gasteiger partial charge in [0, 0.05) is 32.1 Å². The molecule has 0 radical (unpaired) electrons. The molecule has 3 rings (SSSR count). The highest BCUT2D eigenvalue weighted by Crippen LogP contribution is 2.28. The minimum absolute atomic E-state index is 0. The summed E-state index contributed by atoms with van der Waals surface area (Å²) < 4.78 is 10.5. The van der Waals surface area contributed by atoms with Gasteiger partial charge in [-0.2, -0.15) is 0 Å². The lowest BCUT2D eigenvalue weighted by molar-refractivity contribution is -0.132. The van der Waals surface area contributed by atoms with Crippen LogP contribution in [0.4, 0.5) is 5.69 Å². The molecule has 1 heterocycles. The normalized spacial score (nSPS) is 13.1. The van der Waals surface area contributed by atoms with Crippen LogP contribution in [0.2, 0.25) is 0 Å². The fraction of sp³-hybridized carbons (Fsp3) is 0.364. The van der Waals surface area contributed by atoms with Crippen LogP contribution in [0.1, 0.15) is 24.0 Å². The molecule has 1 aliphatic heterocycles. The molecule has 1 aliphatic rings. The number of anilines is 1. The van der Waals surface area contributed by atoms with Crippen LogP contribution in [-0.4, -0.2) is 44.1 Å². The number of nitrogens with two attached hydrogens (primary N) is 1. The van der Waals surface area contributed by atoms with E-state index in [0.717, 1.165) is 13.0 Å². The number of aliphatic imine (C=N–C) groups is 1. The summed E-state index contributed by atoms with van der Waals surface area (Å²) in [6.07, 6.45) is 2.02. The highest BCUT2D eigenvalue weighted by Gasteiger charge is 2.19. The molecule has 0 bridgehead atoms. The van der Waals surface area contributed by atoms with Gasteiger partial charge in [0.25, 0.3) is 0 Å². The largest absolute Gasteiger partial charge is 0.497 e. The van der Waals surface area contributed by atoms with Crippen molar-refractivity contribution in [1.82, 2.24) is 4.90 Å². The summed E-state index contributed by atoms with van der Waals surface area (Å²) in [6.45, 7) is 1.94. The average Bonchev–Trinajstić information content (AvgIpc) is 2.76. The van der Waals surface area contributed by atoms with E-state index in [4.69, 9.17) is 15.2 Å². The van der Waals surface area contributed by atoms with Crippen LogP contribution in [-0.2, 0) is 17.8 Å². The van der Waals surface area contributed by atoms with Crippen LogP contribution in [0.3, 0.4) is 0 Å². The molecule has 1 amide bonds. The Morgan fingerprint density at radius 1 is 1.17 bits per heavy atom. The zero-order valence-electron chi connectivity index (χ0n) is 17.4. The van der Waals surface area contributed by atoms with Crippen LogP contribution in [0.15, 0.2) is 47.5 Å². The van der Waals surface area contributed by atoms with Gasteiger partial charge in [0.15, 0.2) is 5.96 Å². The number of nitrogens with one attached hydrogen (secondary N) is 1. The summed E-state index contributed by atoms with van der Waals surface area (Å²) in [5, 5.41) is 3.03. The van der Waals surface area contributed by atoms with E-state index in [2.05, 4.69) is 22.4 Å². The monoisotopic (exact) mass is 524 g/mol. The van der Waals surface area contributed by atoms with E-state index in [1.54, 1.807) is 26.4 Å². The highest BCUT2D eigenvalue weighted by molar-refractivity contribution is 14.0. The lowest BCUT2D eigenvalue weighted by atomic mass is 9.99. The second-order valence-corrected chi connectivity index (χ2v) is 6.90. The molecular weight excluding hydrogens is 495 g/mol. The third-order valence-electron chi connectivity index (χ3n) is 4.98. The Kier molecular flexibility index (Phi) is 9.22. The number of carbonyl (C=O) groups excluding carboxylic acids is 1. The Balaban J connectivity index is 0.00000320. The van der Waals surface area contributed by atoms with Crippen molar-refractivity contribution in [2.24, 2.45) is 10.7 Å². The van der Waals surface area contributed by atoms with Crippen molar-refractivity contribution in [3.8, 4) is 11.5 Å². The number of amides is 1. The van der Waals surface area contributed by atoms with Crippen molar-refractivity contribution in [1.29, 1.82) is 0 Å². The number of halogens is 1. The predicted molar refractivity (Wildman–Crippen MR) is 130 cm³/mol. The molecule has 0 saturated carbocycles. The summed E-state index contributed by atoms with van der Waals surface area (Å²) in [7, 11) is 3.19. The third kappa shape index (κ3) is 6.25. The molecule has 3 N–H and O–H groups in total. The number of ether oxygens (including phenoxy) is 2. The van der Waals surface area contributed by atoms with Gasteiger partial charge in [-0.15, -0.1) is 24.0 Å². The number of carbonyl (C=O) groups is 1. The van der Waals surface area contributed by atoms with Crippen molar-refractivity contribution in [2.45, 2.75) is 25.8 Å². The summed E-state index contributed by atoms with van der Waals surface area (Å²) in [5.41, 5.74) is 9.24. The van der Waals surface area contributed by atoms with E-state index >= 15 is 0 Å². The smallest absolute Gasteiger partial charge is 0.222 e. The van der Waals surface area contributed by atoms with Crippen LogP contribution < -0.4 is 20.5 Å². The lowest BCUT2D eigenvalue weighted by Crippen LogP contribution is -2.35. The molecule has 0 atom stereocenters. The SMILES string of the molecule is COc1ccc(OC)c(NC(N)=NCCCC(=O)N2CCc3ccccc3C2)c1.I. The number of rotatable bonds is 7. The third-order valence-corrected chi connectivity index (χ3v) is 4.98. The molecule has 0 unspecified atom stereocenters. The standard InChI is InChI=1S/C22H28N4O3.HI/c1-28-18-9-10-20(29-2)19(14-18)25-22(23)24-12-5-8-21(27)26-13-11-16-6-3-4-7-17(16)15-26;/h3-4,6-7,9-10,14H,5,8,11-13,15H2,1-2H3,(H3,23,24,25);1H. The van der Waals surface area contributed by atoms with Crippen LogP contribution in [0.25, 0.3) is 0 Å². The Labute approximate surface area is 194 Å². The maximum Gasteiger partial charge on any atom is 0.222 e. The topological polar surface area (TPSA) is 89.2 Å². The van der Waals surface area contributed by atoms with Gasteiger partial charge in [0.1, 0.15) is 11.5 Å². The quantitative estimate of drug-likeness (QED) is 0.251. The maximum atomic E-state index is 12.5. The van der Waals surface area contributed by atoms with Crippen molar-refractivity contribution >= 4 is 41.5 Å². The Morgan fingerprint density at radius 3 is 2.67 bits per heavy atom. The van der Waals surface area contributed by atoms with Gasteiger partial charge in [0.05, 0.1) is 19.9 Å². The fourth-order valence-electron chi connectivity index (χ4n) is 3.39. The number of guanidine groups is 1. The molecule has 0 aliphatic carbocycles. The minimum Gasteiger partial charge on any atom is -0.497 e. The van der Waals surface area contributed by atoms with E-state index in [1.165, 1.54) is 11.1 Å². The summed E-state index contributed by atoms with van der Waals surface area (Å²) >= 11 is 0. The van der Waals surface area contributed by atoms with Crippen molar-refractivity contribution in [3.63, 3.8) is 0 Å². The Morgan fingerprint density at radius 2 is 1.93 bits per heavy atom. The van der Waals surface area contributed by atoms with Gasteiger partial charge in [-0.1, -0.05) is 24.3 Å².